The van der Waals surface area contributed by atoms with Crippen LogP contribution in [0.5, 0.6) is 0 Å². The summed E-state index contributed by atoms with van der Waals surface area (Å²) in [5.41, 5.74) is 2.61. The smallest absolute Gasteiger partial charge is 0.338 e. The normalized spacial score (nSPS) is 9.83. The predicted octanol–water partition coefficient (Wildman–Crippen LogP) is 4.71. The van der Waals surface area contributed by atoms with Gasteiger partial charge in [-0.05, 0) is 42.8 Å². The van der Waals surface area contributed by atoms with Crippen molar-refractivity contribution >= 4 is 33.7 Å². The van der Waals surface area contributed by atoms with Crippen molar-refractivity contribution in [1.82, 2.24) is 0 Å². The second-order valence-electron chi connectivity index (χ2n) is 4.64. The quantitative estimate of drug-likeness (QED) is 0.422. The molecule has 2 aromatic rings. The molecule has 2 rings (SSSR count). The molecule has 0 spiro atoms. The third-order valence-electron chi connectivity index (χ3n) is 2.88. The van der Waals surface area contributed by atoms with Crippen molar-refractivity contribution in [2.75, 3.05) is 12.4 Å². The molecule has 117 valence electrons. The molecule has 0 bridgehead atoms. The zero-order valence-electron chi connectivity index (χ0n) is 12.8. The fraction of sp³-hybridized carbons (Fsp3) is 0.211. The third-order valence-corrected chi connectivity index (χ3v) is 4.22. The Balaban J connectivity index is 1.87. The summed E-state index contributed by atoms with van der Waals surface area (Å²) in [6, 6.07) is 16.3. The highest BCUT2D eigenvalue weighted by molar-refractivity contribution is 9.10. The van der Waals surface area contributed by atoms with Gasteiger partial charge in [0.25, 0.3) is 0 Å². The van der Waals surface area contributed by atoms with Gasteiger partial charge in [0, 0.05) is 15.8 Å². The standard InChI is InChI=1S/C19H16BrO2S/c1-2-22-19(21)17-9-3-6-15(12-17)8-5-11-23-14-16-7-4-10-18(20)13-16/h3-4,6-7,9,12-13H,2,11,14H2,1H3. The van der Waals surface area contributed by atoms with Crippen LogP contribution in [0.15, 0.2) is 46.9 Å². The SMILES string of the molecule is CCOC(=O)c1cccc(C#CCSCc2cc[c]c(Br)c2)c1. The van der Waals surface area contributed by atoms with Crippen LogP contribution in [-0.2, 0) is 10.5 Å². The number of benzene rings is 2. The van der Waals surface area contributed by atoms with E-state index in [-0.39, 0.29) is 5.97 Å². The number of hydrogen-bond acceptors (Lipinski definition) is 3. The molecule has 0 fully saturated rings. The molecule has 0 saturated heterocycles. The first-order valence-electron chi connectivity index (χ1n) is 7.19. The molecule has 0 N–H and O–H groups in total. The molecule has 2 aromatic carbocycles. The molecular weight excluding hydrogens is 372 g/mol. The molecule has 0 atom stereocenters. The molecular formula is C19H16BrO2S. The highest BCUT2D eigenvalue weighted by Crippen LogP contribution is 2.16. The van der Waals surface area contributed by atoms with Gasteiger partial charge in [-0.3, -0.25) is 0 Å². The van der Waals surface area contributed by atoms with Crippen molar-refractivity contribution in [1.29, 1.82) is 0 Å². The molecule has 4 heteroatoms. The minimum Gasteiger partial charge on any atom is -0.462 e. The van der Waals surface area contributed by atoms with Crippen LogP contribution in [0.25, 0.3) is 0 Å². The van der Waals surface area contributed by atoms with Gasteiger partial charge in [0.15, 0.2) is 0 Å². The van der Waals surface area contributed by atoms with Crippen LogP contribution in [0.3, 0.4) is 0 Å². The molecule has 0 aromatic heterocycles. The maximum absolute atomic E-state index is 11.7. The number of hydrogen-bond donors (Lipinski definition) is 0. The van der Waals surface area contributed by atoms with Crippen molar-refractivity contribution in [3.63, 3.8) is 0 Å². The minimum atomic E-state index is -0.308. The van der Waals surface area contributed by atoms with Gasteiger partial charge in [-0.15, -0.1) is 11.8 Å². The molecule has 0 aliphatic rings. The Morgan fingerprint density at radius 3 is 3.00 bits per heavy atom. The zero-order chi connectivity index (χ0) is 16.5. The number of carbonyl (C=O) groups excluding carboxylic acids is 1. The second-order valence-corrected chi connectivity index (χ2v) is 6.48. The average molecular weight is 388 g/mol. The number of ether oxygens (including phenoxy) is 1. The lowest BCUT2D eigenvalue weighted by atomic mass is 10.1. The minimum absolute atomic E-state index is 0.308. The summed E-state index contributed by atoms with van der Waals surface area (Å²) in [4.78, 5) is 11.7. The van der Waals surface area contributed by atoms with Gasteiger partial charge in [0.05, 0.1) is 17.9 Å². The average Bonchev–Trinajstić information content (AvgIpc) is 2.55. The molecule has 2 nitrogen and oxygen atoms in total. The van der Waals surface area contributed by atoms with E-state index in [4.69, 9.17) is 4.74 Å². The van der Waals surface area contributed by atoms with Gasteiger partial charge in [0.1, 0.15) is 0 Å². The van der Waals surface area contributed by atoms with Gasteiger partial charge >= 0.3 is 5.97 Å². The Morgan fingerprint density at radius 2 is 2.22 bits per heavy atom. The molecule has 1 radical (unpaired) electrons. The number of carbonyl (C=O) groups is 1. The first-order valence-corrected chi connectivity index (χ1v) is 9.13. The van der Waals surface area contributed by atoms with Crippen molar-refractivity contribution in [2.45, 2.75) is 12.7 Å². The Hall–Kier alpha value is -1.70. The van der Waals surface area contributed by atoms with E-state index in [0.717, 1.165) is 21.5 Å². The van der Waals surface area contributed by atoms with E-state index in [1.165, 1.54) is 5.56 Å². The molecule has 0 unspecified atom stereocenters. The molecule has 0 saturated carbocycles. The van der Waals surface area contributed by atoms with Crippen LogP contribution < -0.4 is 0 Å². The third kappa shape index (κ3) is 6.13. The fourth-order valence-corrected chi connectivity index (χ4v) is 2.98. The number of thioether (sulfide) groups is 1. The summed E-state index contributed by atoms with van der Waals surface area (Å²) >= 11 is 5.17. The fourth-order valence-electron chi connectivity index (χ4n) is 1.87. The first kappa shape index (κ1) is 17.7. The van der Waals surface area contributed by atoms with E-state index in [0.29, 0.717) is 12.2 Å². The van der Waals surface area contributed by atoms with Crippen LogP contribution in [0, 0.1) is 17.9 Å². The van der Waals surface area contributed by atoms with Crippen molar-refractivity contribution < 1.29 is 9.53 Å². The van der Waals surface area contributed by atoms with Gasteiger partial charge < -0.3 is 4.74 Å². The van der Waals surface area contributed by atoms with Gasteiger partial charge in [-0.1, -0.05) is 46.0 Å². The molecule has 0 amide bonds. The van der Waals surface area contributed by atoms with Crippen molar-refractivity contribution in [3.8, 4) is 11.8 Å². The lowest BCUT2D eigenvalue weighted by Gasteiger charge is -2.01. The summed E-state index contributed by atoms with van der Waals surface area (Å²) in [5, 5.41) is 0. The summed E-state index contributed by atoms with van der Waals surface area (Å²) < 4.78 is 5.96. The summed E-state index contributed by atoms with van der Waals surface area (Å²) in [5.74, 6) is 7.55. The number of halogens is 1. The lowest BCUT2D eigenvalue weighted by Crippen LogP contribution is -2.04. The Kier molecular flexibility index (Phi) is 7.25. The van der Waals surface area contributed by atoms with Gasteiger partial charge in [0.2, 0.25) is 0 Å². The number of rotatable bonds is 5. The second kappa shape index (κ2) is 9.44. The molecule has 0 heterocycles. The summed E-state index contributed by atoms with van der Waals surface area (Å²) in [7, 11) is 0. The van der Waals surface area contributed by atoms with Crippen LogP contribution in [-0.4, -0.2) is 18.3 Å². The van der Waals surface area contributed by atoms with E-state index >= 15 is 0 Å². The van der Waals surface area contributed by atoms with Crippen LogP contribution in [0.1, 0.15) is 28.4 Å². The highest BCUT2D eigenvalue weighted by Gasteiger charge is 2.05. The number of esters is 1. The summed E-state index contributed by atoms with van der Waals surface area (Å²) in [6.45, 7) is 2.17. The van der Waals surface area contributed by atoms with Crippen LogP contribution >= 0.6 is 27.7 Å². The Labute approximate surface area is 149 Å². The molecule has 23 heavy (non-hydrogen) atoms. The highest BCUT2D eigenvalue weighted by atomic mass is 79.9. The maximum atomic E-state index is 11.7. The molecule has 0 aliphatic carbocycles. The van der Waals surface area contributed by atoms with Crippen LogP contribution in [0.4, 0.5) is 0 Å². The Bertz CT molecular complexity index is 731. The predicted molar refractivity (Wildman–Crippen MR) is 98.4 cm³/mol. The molecule has 0 aliphatic heterocycles. The van der Waals surface area contributed by atoms with E-state index in [1.807, 2.05) is 24.3 Å². The lowest BCUT2D eigenvalue weighted by molar-refractivity contribution is 0.0526. The summed E-state index contributed by atoms with van der Waals surface area (Å²) in [6.07, 6.45) is 0. The van der Waals surface area contributed by atoms with Crippen LogP contribution in [0.2, 0.25) is 0 Å². The largest absolute Gasteiger partial charge is 0.462 e. The van der Waals surface area contributed by atoms with Gasteiger partial charge in [-0.2, -0.15) is 0 Å². The van der Waals surface area contributed by atoms with E-state index in [1.54, 1.807) is 30.8 Å². The monoisotopic (exact) mass is 387 g/mol. The van der Waals surface area contributed by atoms with Gasteiger partial charge in [-0.25, -0.2) is 4.79 Å². The van der Waals surface area contributed by atoms with E-state index < -0.39 is 0 Å². The van der Waals surface area contributed by atoms with Crippen molar-refractivity contribution in [2.24, 2.45) is 0 Å². The van der Waals surface area contributed by atoms with E-state index in [2.05, 4.69) is 39.9 Å². The van der Waals surface area contributed by atoms with Crippen molar-refractivity contribution in [3.05, 3.63) is 69.7 Å². The maximum Gasteiger partial charge on any atom is 0.338 e. The van der Waals surface area contributed by atoms with E-state index in [9.17, 15) is 4.79 Å². The first-order chi connectivity index (χ1) is 11.2. The Morgan fingerprint density at radius 1 is 1.35 bits per heavy atom. The zero-order valence-corrected chi connectivity index (χ0v) is 15.2. The topological polar surface area (TPSA) is 26.3 Å².